The van der Waals surface area contributed by atoms with E-state index in [9.17, 15) is 0 Å². The molecule has 1 heterocycles. The molecule has 1 aromatic heterocycles. The summed E-state index contributed by atoms with van der Waals surface area (Å²) in [5.41, 5.74) is 5.83. The van der Waals surface area contributed by atoms with Crippen LogP contribution in [0.1, 0.15) is 71.4 Å². The lowest BCUT2D eigenvalue weighted by molar-refractivity contribution is 0.249. The van der Waals surface area contributed by atoms with Gasteiger partial charge in [-0.2, -0.15) is 0 Å². The quantitative estimate of drug-likeness (QED) is 0.0845. The maximum Gasteiger partial charge on any atom is 0.141 e. The van der Waals surface area contributed by atoms with Crippen molar-refractivity contribution in [1.82, 2.24) is 19.4 Å². The minimum absolute atomic E-state index is 0.600. The lowest BCUT2D eigenvalue weighted by Crippen LogP contribution is -2.25. The fraction of sp³-hybridized carbons (Fsp3) is 0.513. The Morgan fingerprint density at radius 1 is 0.717 bits per heavy atom. The third-order valence-electron chi connectivity index (χ3n) is 8.90. The molecule has 6 nitrogen and oxygen atoms in total. The fourth-order valence-corrected chi connectivity index (χ4v) is 6.24. The van der Waals surface area contributed by atoms with Crippen LogP contribution in [0.25, 0.3) is 22.4 Å². The number of benzene rings is 3. The van der Waals surface area contributed by atoms with Crippen LogP contribution in [0.15, 0.2) is 60.7 Å². The predicted octanol–water partition coefficient (Wildman–Crippen LogP) is 9.16. The number of fused-ring (bicyclic) bond motifs is 1. The molecule has 0 aliphatic heterocycles. The Morgan fingerprint density at radius 3 is 2.09 bits per heavy atom. The van der Waals surface area contributed by atoms with Gasteiger partial charge in [0.25, 0.3) is 0 Å². The van der Waals surface area contributed by atoms with Crippen molar-refractivity contribution in [3.05, 3.63) is 76.8 Å². The van der Waals surface area contributed by atoms with Gasteiger partial charge in [-0.05, 0) is 112 Å². The average Bonchev–Trinajstić information content (AvgIpc) is 3.44. The van der Waals surface area contributed by atoms with Crippen LogP contribution in [0.2, 0.25) is 5.02 Å². The molecule has 46 heavy (non-hydrogen) atoms. The lowest BCUT2D eigenvalue weighted by Gasteiger charge is -2.18. The third kappa shape index (κ3) is 10.2. The summed E-state index contributed by atoms with van der Waals surface area (Å²) in [6, 6.07) is 20.8. The topological polar surface area (TPSA) is 42.8 Å². The summed E-state index contributed by atoms with van der Waals surface area (Å²) >= 11 is 6.15. The maximum atomic E-state index is 6.43. The summed E-state index contributed by atoms with van der Waals surface area (Å²) in [6.07, 6.45) is 6.12. The molecule has 0 fully saturated rings. The second kappa shape index (κ2) is 18.9. The molecule has 0 spiro atoms. The van der Waals surface area contributed by atoms with E-state index < -0.39 is 0 Å². The summed E-state index contributed by atoms with van der Waals surface area (Å²) in [4.78, 5) is 10.3. The molecular weight excluding hydrogens is 592 g/mol. The second-order valence-corrected chi connectivity index (χ2v) is 12.4. The first-order valence-electron chi connectivity index (χ1n) is 17.6. The van der Waals surface area contributed by atoms with Gasteiger partial charge in [0, 0.05) is 36.2 Å². The minimum Gasteiger partial charge on any atom is -0.493 e. The van der Waals surface area contributed by atoms with Crippen LogP contribution >= 0.6 is 11.6 Å². The fourth-order valence-electron chi connectivity index (χ4n) is 6.03. The molecule has 0 N–H and O–H groups in total. The van der Waals surface area contributed by atoms with Gasteiger partial charge in [0.2, 0.25) is 0 Å². The van der Waals surface area contributed by atoms with Gasteiger partial charge in [0.1, 0.15) is 17.3 Å². The molecule has 4 aromatic rings. The van der Waals surface area contributed by atoms with E-state index in [-0.39, 0.29) is 0 Å². The first-order chi connectivity index (χ1) is 22.5. The Labute approximate surface area is 282 Å². The molecule has 3 aromatic carbocycles. The minimum atomic E-state index is 0.600. The Hall–Kier alpha value is -3.06. The van der Waals surface area contributed by atoms with Crippen molar-refractivity contribution in [1.29, 1.82) is 0 Å². The van der Waals surface area contributed by atoms with E-state index in [1.54, 1.807) is 0 Å². The SMILES string of the molecule is CCCCn1c(-c2ccc(OCCc3cccc(Cl)c3)cc2)nc2c(CCCN(CC)CC)cc(OCCCN(CC)CC)cc21. The highest BCUT2D eigenvalue weighted by atomic mass is 35.5. The molecule has 250 valence electrons. The number of hydrogen-bond donors (Lipinski definition) is 0. The van der Waals surface area contributed by atoms with Crippen LogP contribution in [0.4, 0.5) is 0 Å². The number of imidazole rings is 1. The molecule has 0 saturated carbocycles. The Kier molecular flexibility index (Phi) is 14.7. The van der Waals surface area contributed by atoms with Crippen molar-refractivity contribution in [3.8, 4) is 22.9 Å². The molecule has 0 saturated heterocycles. The summed E-state index contributed by atoms with van der Waals surface area (Å²) in [5, 5.41) is 0.758. The number of unbranched alkanes of at least 4 members (excludes halogenated alkanes) is 1. The number of hydrogen-bond acceptors (Lipinski definition) is 5. The molecule has 0 radical (unpaired) electrons. The van der Waals surface area contributed by atoms with Gasteiger partial charge in [-0.15, -0.1) is 0 Å². The molecular formula is C39H55ClN4O2. The second-order valence-electron chi connectivity index (χ2n) is 12.0. The van der Waals surface area contributed by atoms with Crippen LogP contribution in [0, 0.1) is 0 Å². The van der Waals surface area contributed by atoms with E-state index in [0.717, 1.165) is 124 Å². The van der Waals surface area contributed by atoms with Gasteiger partial charge < -0.3 is 23.8 Å². The Balaban J connectivity index is 1.58. The van der Waals surface area contributed by atoms with E-state index in [4.69, 9.17) is 26.1 Å². The third-order valence-corrected chi connectivity index (χ3v) is 9.13. The first-order valence-corrected chi connectivity index (χ1v) is 18.0. The van der Waals surface area contributed by atoms with Crippen molar-refractivity contribution in [2.45, 2.75) is 79.7 Å². The van der Waals surface area contributed by atoms with E-state index in [0.29, 0.717) is 6.61 Å². The Morgan fingerprint density at radius 2 is 1.41 bits per heavy atom. The maximum absolute atomic E-state index is 6.43. The summed E-state index contributed by atoms with van der Waals surface area (Å²) in [7, 11) is 0. The standard InChI is InChI=1S/C39H55ClN4O2/c1-6-11-25-44-37-30-36(45-26-14-24-43(9-4)10-5)29-33(16-13-23-42(7-2)8-3)38(37)41-39(44)32-18-20-35(21-19-32)46-27-22-31-15-12-17-34(40)28-31/h12,15,17-21,28-30H,6-11,13-14,16,22-27H2,1-5H3. The summed E-state index contributed by atoms with van der Waals surface area (Å²) < 4.78 is 14.9. The summed E-state index contributed by atoms with van der Waals surface area (Å²) in [5.74, 6) is 2.83. The molecule has 0 aliphatic rings. The number of aromatic nitrogens is 2. The van der Waals surface area contributed by atoms with Crippen LogP contribution in [0.5, 0.6) is 11.5 Å². The lowest BCUT2D eigenvalue weighted by atomic mass is 10.1. The van der Waals surface area contributed by atoms with Gasteiger partial charge >= 0.3 is 0 Å². The highest BCUT2D eigenvalue weighted by Crippen LogP contribution is 2.32. The molecule has 7 heteroatoms. The van der Waals surface area contributed by atoms with Crippen molar-refractivity contribution in [3.63, 3.8) is 0 Å². The van der Waals surface area contributed by atoms with E-state index in [2.05, 4.69) is 91.5 Å². The van der Waals surface area contributed by atoms with E-state index >= 15 is 0 Å². The number of rotatable bonds is 21. The van der Waals surface area contributed by atoms with Crippen molar-refractivity contribution in [2.75, 3.05) is 52.5 Å². The molecule has 0 atom stereocenters. The van der Waals surface area contributed by atoms with E-state index in [1.165, 1.54) is 16.6 Å². The molecule has 0 bridgehead atoms. The number of ether oxygens (including phenoxy) is 2. The van der Waals surface area contributed by atoms with Crippen LogP contribution in [-0.4, -0.2) is 71.8 Å². The number of halogens is 1. The molecule has 0 unspecified atom stereocenters. The monoisotopic (exact) mass is 646 g/mol. The van der Waals surface area contributed by atoms with Crippen molar-refractivity contribution >= 4 is 22.6 Å². The highest BCUT2D eigenvalue weighted by Gasteiger charge is 2.18. The highest BCUT2D eigenvalue weighted by molar-refractivity contribution is 6.30. The normalized spacial score (nSPS) is 11.7. The molecule has 0 aliphatic carbocycles. The van der Waals surface area contributed by atoms with Gasteiger partial charge in [-0.3, -0.25) is 0 Å². The Bertz CT molecular complexity index is 1460. The molecule has 4 rings (SSSR count). The molecule has 0 amide bonds. The van der Waals surface area contributed by atoms with Crippen LogP contribution < -0.4 is 9.47 Å². The smallest absolute Gasteiger partial charge is 0.141 e. The van der Waals surface area contributed by atoms with Gasteiger partial charge in [-0.25, -0.2) is 4.98 Å². The van der Waals surface area contributed by atoms with Gasteiger partial charge in [0.05, 0.1) is 24.2 Å². The zero-order valence-electron chi connectivity index (χ0n) is 28.9. The number of nitrogens with zero attached hydrogens (tertiary/aromatic N) is 4. The predicted molar refractivity (Wildman–Crippen MR) is 195 cm³/mol. The largest absolute Gasteiger partial charge is 0.493 e. The first kappa shape index (κ1) is 35.8. The van der Waals surface area contributed by atoms with Gasteiger partial charge in [-0.1, -0.05) is 64.8 Å². The van der Waals surface area contributed by atoms with Gasteiger partial charge in [0.15, 0.2) is 0 Å². The van der Waals surface area contributed by atoms with E-state index in [1.807, 2.05) is 18.2 Å². The zero-order valence-corrected chi connectivity index (χ0v) is 29.6. The van der Waals surface area contributed by atoms with Crippen molar-refractivity contribution < 1.29 is 9.47 Å². The summed E-state index contributed by atoms with van der Waals surface area (Å²) in [6.45, 7) is 19.9. The van der Waals surface area contributed by atoms with Crippen LogP contribution in [0.3, 0.4) is 0 Å². The average molecular weight is 647 g/mol. The van der Waals surface area contributed by atoms with Crippen LogP contribution in [-0.2, 0) is 19.4 Å². The number of aryl methyl sites for hydroxylation is 2. The van der Waals surface area contributed by atoms with Crippen molar-refractivity contribution in [2.24, 2.45) is 0 Å². The zero-order chi connectivity index (χ0) is 32.7.